The molecule has 1 aliphatic heterocycles. The molecule has 1 saturated heterocycles. The fourth-order valence-corrected chi connectivity index (χ4v) is 2.74. The Morgan fingerprint density at radius 3 is 2.67 bits per heavy atom. The van der Waals surface area contributed by atoms with Crippen molar-refractivity contribution in [1.29, 1.82) is 0 Å². The van der Waals surface area contributed by atoms with Crippen LogP contribution in [0, 0.1) is 11.8 Å². The van der Waals surface area contributed by atoms with Gasteiger partial charge in [0.15, 0.2) is 0 Å². The molecule has 0 radical (unpaired) electrons. The van der Waals surface area contributed by atoms with Crippen LogP contribution in [0.3, 0.4) is 0 Å². The summed E-state index contributed by atoms with van der Waals surface area (Å²) in [6.07, 6.45) is 0.897. The van der Waals surface area contributed by atoms with Gasteiger partial charge in [0.25, 0.3) is 5.91 Å². The number of carbonyl (C=O) groups excluding carboxylic acids is 2. The van der Waals surface area contributed by atoms with Crippen LogP contribution in [0.15, 0.2) is 18.2 Å². The summed E-state index contributed by atoms with van der Waals surface area (Å²) < 4.78 is 0. The van der Waals surface area contributed by atoms with E-state index in [1.807, 2.05) is 13.8 Å². The Hall–Kier alpha value is -1.30. The van der Waals surface area contributed by atoms with E-state index in [1.165, 1.54) is 0 Å². The SMILES string of the molecule is CC(C)C(=O)Nc1ccc(Cl)c(C(=O)NC2CCNCC2C)c1.Cl. The molecule has 2 unspecified atom stereocenters. The van der Waals surface area contributed by atoms with Gasteiger partial charge in [-0.05, 0) is 43.6 Å². The van der Waals surface area contributed by atoms with Crippen molar-refractivity contribution in [3.05, 3.63) is 28.8 Å². The third-order valence-corrected chi connectivity index (χ3v) is 4.43. The molecule has 1 fully saturated rings. The third kappa shape index (κ3) is 5.36. The molecule has 134 valence electrons. The van der Waals surface area contributed by atoms with E-state index in [1.54, 1.807) is 18.2 Å². The van der Waals surface area contributed by atoms with Crippen LogP contribution in [0.5, 0.6) is 0 Å². The van der Waals surface area contributed by atoms with Gasteiger partial charge in [0.2, 0.25) is 5.91 Å². The highest BCUT2D eigenvalue weighted by atomic mass is 35.5. The Morgan fingerprint density at radius 2 is 2.04 bits per heavy atom. The average molecular weight is 374 g/mol. The number of nitrogens with one attached hydrogen (secondary N) is 3. The highest BCUT2D eigenvalue weighted by molar-refractivity contribution is 6.34. The molecule has 7 heteroatoms. The third-order valence-electron chi connectivity index (χ3n) is 4.10. The van der Waals surface area contributed by atoms with Gasteiger partial charge in [-0.15, -0.1) is 12.4 Å². The number of halogens is 2. The fraction of sp³-hybridized carbons (Fsp3) is 0.529. The Balaban J connectivity index is 0.00000288. The lowest BCUT2D eigenvalue weighted by atomic mass is 9.95. The molecule has 0 aromatic heterocycles. The monoisotopic (exact) mass is 373 g/mol. The molecule has 1 aliphatic rings. The molecule has 0 bridgehead atoms. The van der Waals surface area contributed by atoms with Crippen molar-refractivity contribution in [2.75, 3.05) is 18.4 Å². The zero-order valence-corrected chi connectivity index (χ0v) is 15.8. The lowest BCUT2D eigenvalue weighted by molar-refractivity contribution is -0.118. The smallest absolute Gasteiger partial charge is 0.253 e. The minimum Gasteiger partial charge on any atom is -0.349 e. The van der Waals surface area contributed by atoms with Gasteiger partial charge in [0.05, 0.1) is 10.6 Å². The summed E-state index contributed by atoms with van der Waals surface area (Å²) in [6, 6.07) is 5.10. The quantitative estimate of drug-likeness (QED) is 0.759. The van der Waals surface area contributed by atoms with E-state index in [9.17, 15) is 9.59 Å². The van der Waals surface area contributed by atoms with Crippen molar-refractivity contribution in [3.63, 3.8) is 0 Å². The second-order valence-corrected chi connectivity index (χ2v) is 6.80. The number of hydrogen-bond donors (Lipinski definition) is 3. The predicted octanol–water partition coefficient (Wildman–Crippen LogP) is 3.08. The van der Waals surface area contributed by atoms with Gasteiger partial charge in [0, 0.05) is 17.6 Å². The van der Waals surface area contributed by atoms with Gasteiger partial charge in [-0.25, -0.2) is 0 Å². The molecule has 3 N–H and O–H groups in total. The number of rotatable bonds is 4. The van der Waals surface area contributed by atoms with Crippen LogP contribution in [-0.4, -0.2) is 30.9 Å². The van der Waals surface area contributed by atoms with Gasteiger partial charge in [0.1, 0.15) is 0 Å². The van der Waals surface area contributed by atoms with Crippen LogP contribution in [0.4, 0.5) is 5.69 Å². The zero-order chi connectivity index (χ0) is 17.0. The van der Waals surface area contributed by atoms with E-state index in [4.69, 9.17) is 11.6 Å². The standard InChI is InChI=1S/C17H24ClN3O2.ClH/c1-10(2)16(22)20-12-4-5-14(18)13(8-12)17(23)21-15-6-7-19-9-11(15)3;/h4-5,8,10-11,15,19H,6-7,9H2,1-3H3,(H,20,22)(H,21,23);1H. The minimum absolute atomic E-state index is 0. The average Bonchev–Trinajstić information content (AvgIpc) is 2.51. The molecular weight excluding hydrogens is 349 g/mol. The first-order valence-corrected chi connectivity index (χ1v) is 8.38. The van der Waals surface area contributed by atoms with E-state index in [0.29, 0.717) is 22.2 Å². The Morgan fingerprint density at radius 1 is 1.33 bits per heavy atom. The largest absolute Gasteiger partial charge is 0.349 e. The van der Waals surface area contributed by atoms with Crippen molar-refractivity contribution in [3.8, 4) is 0 Å². The van der Waals surface area contributed by atoms with Gasteiger partial charge in [-0.2, -0.15) is 0 Å². The topological polar surface area (TPSA) is 70.2 Å². The van der Waals surface area contributed by atoms with Gasteiger partial charge < -0.3 is 16.0 Å². The fourth-order valence-electron chi connectivity index (χ4n) is 2.54. The van der Waals surface area contributed by atoms with E-state index in [-0.39, 0.29) is 36.2 Å². The predicted molar refractivity (Wildman–Crippen MR) is 100 cm³/mol. The Kier molecular flexibility index (Phi) is 8.00. The van der Waals surface area contributed by atoms with Crippen LogP contribution < -0.4 is 16.0 Å². The zero-order valence-electron chi connectivity index (χ0n) is 14.2. The summed E-state index contributed by atoms with van der Waals surface area (Å²) in [5, 5.41) is 9.53. The number of anilines is 1. The first kappa shape index (κ1) is 20.7. The second kappa shape index (κ2) is 9.25. The number of piperidine rings is 1. The molecular formula is C17H25Cl2N3O2. The maximum Gasteiger partial charge on any atom is 0.253 e. The van der Waals surface area contributed by atoms with Crippen LogP contribution in [0.2, 0.25) is 5.02 Å². The summed E-state index contributed by atoms with van der Waals surface area (Å²) in [4.78, 5) is 24.3. The van der Waals surface area contributed by atoms with Crippen molar-refractivity contribution < 1.29 is 9.59 Å². The molecule has 24 heavy (non-hydrogen) atoms. The number of carbonyl (C=O) groups is 2. The van der Waals surface area contributed by atoms with Crippen molar-refractivity contribution in [2.45, 2.75) is 33.2 Å². The molecule has 0 saturated carbocycles. The summed E-state index contributed by atoms with van der Waals surface area (Å²) in [7, 11) is 0. The number of benzene rings is 1. The van der Waals surface area contributed by atoms with E-state index >= 15 is 0 Å². The maximum atomic E-state index is 12.5. The van der Waals surface area contributed by atoms with Crippen molar-refractivity contribution in [2.24, 2.45) is 11.8 Å². The van der Waals surface area contributed by atoms with E-state index in [2.05, 4.69) is 22.9 Å². The van der Waals surface area contributed by atoms with Crippen LogP contribution in [0.1, 0.15) is 37.6 Å². The molecule has 2 amide bonds. The van der Waals surface area contributed by atoms with Crippen LogP contribution in [0.25, 0.3) is 0 Å². The number of hydrogen-bond acceptors (Lipinski definition) is 3. The number of amides is 2. The van der Waals surface area contributed by atoms with E-state index < -0.39 is 0 Å². The summed E-state index contributed by atoms with van der Waals surface area (Å²) in [5.41, 5.74) is 0.968. The molecule has 5 nitrogen and oxygen atoms in total. The molecule has 1 aromatic carbocycles. The Labute approximate surface area is 154 Å². The molecule has 2 rings (SSSR count). The highest BCUT2D eigenvalue weighted by Gasteiger charge is 2.24. The molecule has 1 heterocycles. The maximum absolute atomic E-state index is 12.5. The van der Waals surface area contributed by atoms with Gasteiger partial charge >= 0.3 is 0 Å². The van der Waals surface area contributed by atoms with Gasteiger partial charge in [-0.3, -0.25) is 9.59 Å². The first-order valence-electron chi connectivity index (χ1n) is 8.00. The highest BCUT2D eigenvalue weighted by Crippen LogP contribution is 2.22. The van der Waals surface area contributed by atoms with Crippen LogP contribution >= 0.6 is 24.0 Å². The van der Waals surface area contributed by atoms with Crippen molar-refractivity contribution in [1.82, 2.24) is 10.6 Å². The van der Waals surface area contributed by atoms with Crippen LogP contribution in [-0.2, 0) is 4.79 Å². The molecule has 1 aromatic rings. The van der Waals surface area contributed by atoms with Crippen molar-refractivity contribution >= 4 is 41.5 Å². The Bertz CT molecular complexity index is 593. The lowest BCUT2D eigenvalue weighted by Crippen LogP contribution is -2.48. The summed E-state index contributed by atoms with van der Waals surface area (Å²) >= 11 is 6.16. The first-order chi connectivity index (χ1) is 10.9. The summed E-state index contributed by atoms with van der Waals surface area (Å²) in [5.74, 6) is -0.0473. The van der Waals surface area contributed by atoms with E-state index in [0.717, 1.165) is 19.5 Å². The second-order valence-electron chi connectivity index (χ2n) is 6.39. The lowest BCUT2D eigenvalue weighted by Gasteiger charge is -2.30. The molecule has 2 atom stereocenters. The summed E-state index contributed by atoms with van der Waals surface area (Å²) in [6.45, 7) is 7.53. The molecule has 0 spiro atoms. The minimum atomic E-state index is -0.200. The normalized spacial score (nSPS) is 20.2. The van der Waals surface area contributed by atoms with Gasteiger partial charge in [-0.1, -0.05) is 32.4 Å². The molecule has 0 aliphatic carbocycles.